The minimum absolute atomic E-state index is 0.263. The summed E-state index contributed by atoms with van der Waals surface area (Å²) < 4.78 is 27.8. The number of aromatic nitrogens is 1. The molecule has 1 heterocycles. The Morgan fingerprint density at radius 2 is 1.38 bits per heavy atom. The second kappa shape index (κ2) is 8.29. The average Bonchev–Trinajstić information content (AvgIpc) is 3.08. The maximum Gasteiger partial charge on any atom is 0.315 e. The molecule has 4 nitrogen and oxygen atoms in total. The highest BCUT2D eigenvalue weighted by Crippen LogP contribution is 2.09. The van der Waals surface area contributed by atoms with Gasteiger partial charge in [0.1, 0.15) is 11.6 Å². The first-order chi connectivity index (χ1) is 12.6. The number of carbonyl (C=O) groups excluding carboxylic acids is 1. The van der Waals surface area contributed by atoms with Crippen molar-refractivity contribution >= 4 is 6.03 Å². The summed E-state index contributed by atoms with van der Waals surface area (Å²) in [5.74, 6) is -0.568. The van der Waals surface area contributed by atoms with Crippen molar-refractivity contribution in [2.75, 3.05) is 0 Å². The molecule has 3 aromatic rings. The van der Waals surface area contributed by atoms with E-state index in [4.69, 9.17) is 0 Å². The Morgan fingerprint density at radius 3 is 2.04 bits per heavy atom. The summed E-state index contributed by atoms with van der Waals surface area (Å²) in [5, 5.41) is 5.53. The Bertz CT molecular complexity index is 858. The molecule has 0 spiro atoms. The van der Waals surface area contributed by atoms with Gasteiger partial charge in [0.15, 0.2) is 0 Å². The van der Waals surface area contributed by atoms with Crippen LogP contribution in [0.4, 0.5) is 13.6 Å². The molecular formula is C20H19F2N3O. The lowest BCUT2D eigenvalue weighted by Crippen LogP contribution is -2.35. The van der Waals surface area contributed by atoms with E-state index in [1.807, 2.05) is 22.9 Å². The minimum Gasteiger partial charge on any atom is -0.345 e. The van der Waals surface area contributed by atoms with E-state index in [1.165, 1.54) is 24.3 Å². The van der Waals surface area contributed by atoms with Gasteiger partial charge in [0, 0.05) is 25.0 Å². The van der Waals surface area contributed by atoms with Gasteiger partial charge in [-0.3, -0.25) is 0 Å². The van der Waals surface area contributed by atoms with Crippen LogP contribution in [-0.4, -0.2) is 10.6 Å². The minimum atomic E-state index is -0.305. The smallest absolute Gasteiger partial charge is 0.315 e. The maximum atomic E-state index is 13.0. The number of hydrogen-bond donors (Lipinski definition) is 2. The van der Waals surface area contributed by atoms with Crippen molar-refractivity contribution in [2.24, 2.45) is 0 Å². The van der Waals surface area contributed by atoms with Gasteiger partial charge in [-0.05, 0) is 47.5 Å². The molecule has 2 N–H and O–H groups in total. The van der Waals surface area contributed by atoms with Crippen LogP contribution < -0.4 is 10.6 Å². The number of benzene rings is 2. The fourth-order valence-corrected chi connectivity index (χ4v) is 2.57. The van der Waals surface area contributed by atoms with E-state index in [-0.39, 0.29) is 17.7 Å². The lowest BCUT2D eigenvalue weighted by molar-refractivity contribution is 0.240. The zero-order valence-electron chi connectivity index (χ0n) is 14.1. The van der Waals surface area contributed by atoms with Crippen LogP contribution in [0, 0.1) is 11.6 Å². The number of rotatable bonds is 6. The maximum absolute atomic E-state index is 13.0. The summed E-state index contributed by atoms with van der Waals surface area (Å²) >= 11 is 0. The average molecular weight is 355 g/mol. The number of carbonyl (C=O) groups is 1. The van der Waals surface area contributed by atoms with Crippen molar-refractivity contribution in [3.05, 3.63) is 95.3 Å². The van der Waals surface area contributed by atoms with Gasteiger partial charge in [-0.15, -0.1) is 0 Å². The van der Waals surface area contributed by atoms with E-state index in [1.54, 1.807) is 24.3 Å². The van der Waals surface area contributed by atoms with Crippen molar-refractivity contribution in [1.29, 1.82) is 0 Å². The van der Waals surface area contributed by atoms with Gasteiger partial charge in [-0.25, -0.2) is 13.6 Å². The molecule has 6 heteroatoms. The standard InChI is InChI=1S/C20H19F2N3O/c21-17-7-3-15(4-8-17)12-23-20(26)24-13-19-2-1-11-25(19)14-16-5-9-18(22)10-6-16/h1-11H,12-14H2,(H2,23,24,26). The predicted octanol–water partition coefficient (Wildman–Crippen LogP) is 3.81. The van der Waals surface area contributed by atoms with E-state index in [0.717, 1.165) is 16.8 Å². The molecule has 0 bridgehead atoms. The van der Waals surface area contributed by atoms with Gasteiger partial charge >= 0.3 is 6.03 Å². The number of nitrogens with zero attached hydrogens (tertiary/aromatic N) is 1. The molecule has 1 aromatic heterocycles. The van der Waals surface area contributed by atoms with Crippen LogP contribution in [0.1, 0.15) is 16.8 Å². The topological polar surface area (TPSA) is 46.1 Å². The zero-order valence-corrected chi connectivity index (χ0v) is 14.1. The second-order valence-electron chi connectivity index (χ2n) is 5.92. The number of amides is 2. The van der Waals surface area contributed by atoms with E-state index < -0.39 is 0 Å². The largest absolute Gasteiger partial charge is 0.345 e. The van der Waals surface area contributed by atoms with Crippen molar-refractivity contribution in [2.45, 2.75) is 19.6 Å². The van der Waals surface area contributed by atoms with Crippen molar-refractivity contribution in [3.63, 3.8) is 0 Å². The van der Waals surface area contributed by atoms with Crippen molar-refractivity contribution in [3.8, 4) is 0 Å². The van der Waals surface area contributed by atoms with Crippen LogP contribution in [0.25, 0.3) is 0 Å². The summed E-state index contributed by atoms with van der Waals surface area (Å²) in [6.45, 7) is 1.29. The summed E-state index contributed by atoms with van der Waals surface area (Å²) in [6, 6.07) is 15.8. The molecule has 0 unspecified atom stereocenters. The molecular weight excluding hydrogens is 336 g/mol. The van der Waals surface area contributed by atoms with Crippen LogP contribution in [0.2, 0.25) is 0 Å². The predicted molar refractivity (Wildman–Crippen MR) is 95.4 cm³/mol. The van der Waals surface area contributed by atoms with Gasteiger partial charge < -0.3 is 15.2 Å². The van der Waals surface area contributed by atoms with Gasteiger partial charge in [0.25, 0.3) is 0 Å². The van der Waals surface area contributed by atoms with E-state index in [9.17, 15) is 13.6 Å². The second-order valence-corrected chi connectivity index (χ2v) is 5.92. The third-order valence-electron chi connectivity index (χ3n) is 3.99. The first kappa shape index (κ1) is 17.7. The summed E-state index contributed by atoms with van der Waals surface area (Å²) in [5.41, 5.74) is 2.73. The molecule has 2 amide bonds. The van der Waals surface area contributed by atoms with Crippen LogP contribution in [-0.2, 0) is 19.6 Å². The number of hydrogen-bond acceptors (Lipinski definition) is 1. The fraction of sp³-hybridized carbons (Fsp3) is 0.150. The molecule has 0 radical (unpaired) electrons. The molecule has 3 rings (SSSR count). The Morgan fingerprint density at radius 1 is 0.808 bits per heavy atom. The quantitative estimate of drug-likeness (QED) is 0.694. The molecule has 2 aromatic carbocycles. The van der Waals surface area contributed by atoms with Crippen molar-refractivity contribution in [1.82, 2.24) is 15.2 Å². The molecule has 134 valence electrons. The van der Waals surface area contributed by atoms with E-state index in [2.05, 4.69) is 10.6 Å². The number of nitrogens with one attached hydrogen (secondary N) is 2. The highest BCUT2D eigenvalue weighted by molar-refractivity contribution is 5.73. The molecule has 0 saturated carbocycles. The van der Waals surface area contributed by atoms with Crippen LogP contribution in [0.5, 0.6) is 0 Å². The molecule has 0 saturated heterocycles. The van der Waals surface area contributed by atoms with Gasteiger partial charge in [-0.2, -0.15) is 0 Å². The lowest BCUT2D eigenvalue weighted by Gasteiger charge is -2.11. The summed E-state index contributed by atoms with van der Waals surface area (Å²) in [6.07, 6.45) is 1.91. The van der Waals surface area contributed by atoms with E-state index >= 15 is 0 Å². The Labute approximate surface area is 150 Å². The highest BCUT2D eigenvalue weighted by Gasteiger charge is 2.05. The van der Waals surface area contributed by atoms with E-state index in [0.29, 0.717) is 19.6 Å². The highest BCUT2D eigenvalue weighted by atomic mass is 19.1. The Balaban J connectivity index is 1.50. The molecule has 26 heavy (non-hydrogen) atoms. The van der Waals surface area contributed by atoms with Gasteiger partial charge in [0.2, 0.25) is 0 Å². The molecule has 0 fully saturated rings. The number of urea groups is 1. The summed E-state index contributed by atoms with van der Waals surface area (Å²) in [7, 11) is 0. The zero-order chi connectivity index (χ0) is 18.4. The van der Waals surface area contributed by atoms with Crippen LogP contribution >= 0.6 is 0 Å². The Kier molecular flexibility index (Phi) is 5.63. The number of halogens is 2. The molecule has 0 aliphatic heterocycles. The lowest BCUT2D eigenvalue weighted by atomic mass is 10.2. The summed E-state index contributed by atoms with van der Waals surface area (Å²) in [4.78, 5) is 11.9. The van der Waals surface area contributed by atoms with Crippen LogP contribution in [0.3, 0.4) is 0 Å². The molecule has 0 atom stereocenters. The van der Waals surface area contributed by atoms with Crippen LogP contribution in [0.15, 0.2) is 66.9 Å². The van der Waals surface area contributed by atoms with Gasteiger partial charge in [0.05, 0.1) is 6.54 Å². The third kappa shape index (κ3) is 4.92. The normalized spacial score (nSPS) is 10.5. The third-order valence-corrected chi connectivity index (χ3v) is 3.99. The molecule has 0 aliphatic carbocycles. The van der Waals surface area contributed by atoms with Gasteiger partial charge in [-0.1, -0.05) is 24.3 Å². The fourth-order valence-electron chi connectivity index (χ4n) is 2.57. The first-order valence-electron chi connectivity index (χ1n) is 8.25. The van der Waals surface area contributed by atoms with Crippen molar-refractivity contribution < 1.29 is 13.6 Å². The SMILES string of the molecule is O=C(NCc1ccc(F)cc1)NCc1cccn1Cc1ccc(F)cc1. The first-order valence-corrected chi connectivity index (χ1v) is 8.25. The monoisotopic (exact) mass is 355 g/mol. The molecule has 0 aliphatic rings. The Hall–Kier alpha value is -3.15.